The summed E-state index contributed by atoms with van der Waals surface area (Å²) in [6.07, 6.45) is 2.28. The van der Waals surface area contributed by atoms with Crippen molar-refractivity contribution in [1.82, 2.24) is 15.4 Å². The highest BCUT2D eigenvalue weighted by Gasteiger charge is 2.33. The number of likely N-dealkylation sites (tertiary alicyclic amines) is 1. The number of hydrogen-bond acceptors (Lipinski definition) is 5. The molecule has 1 saturated carbocycles. The summed E-state index contributed by atoms with van der Waals surface area (Å²) in [6, 6.07) is 12.7. The third-order valence-corrected chi connectivity index (χ3v) is 6.70. The zero-order valence-electron chi connectivity index (χ0n) is 15.4. The van der Waals surface area contributed by atoms with Crippen LogP contribution in [0.5, 0.6) is 0 Å². The first-order valence-electron chi connectivity index (χ1n) is 9.63. The standard InChI is InChI=1S/C21H23N3O2S/c1-13-10-24(11-16-8-15-4-2-3-5-20(15)27-16)12-18(13)22-21(25)17-9-19(26-23-17)14-6-7-14/h2-5,8-9,13-14,18H,6-7,10-12H2,1H3,(H,22,25)/t13-,18+/m1/s1. The highest BCUT2D eigenvalue weighted by molar-refractivity contribution is 7.19. The van der Waals surface area contributed by atoms with E-state index in [2.05, 4.69) is 52.6 Å². The third-order valence-electron chi connectivity index (χ3n) is 5.60. The first kappa shape index (κ1) is 17.0. The molecule has 2 fully saturated rings. The summed E-state index contributed by atoms with van der Waals surface area (Å²) in [5.41, 5.74) is 0.409. The average molecular weight is 382 g/mol. The Morgan fingerprint density at radius 2 is 2.15 bits per heavy atom. The number of benzene rings is 1. The van der Waals surface area contributed by atoms with Crippen molar-refractivity contribution < 1.29 is 9.32 Å². The molecule has 1 saturated heterocycles. The van der Waals surface area contributed by atoms with Gasteiger partial charge in [-0.05, 0) is 36.3 Å². The van der Waals surface area contributed by atoms with Gasteiger partial charge in [0.1, 0.15) is 5.76 Å². The van der Waals surface area contributed by atoms with E-state index in [1.807, 2.05) is 17.4 Å². The zero-order chi connectivity index (χ0) is 18.4. The van der Waals surface area contributed by atoms with Gasteiger partial charge in [0.2, 0.25) is 0 Å². The topological polar surface area (TPSA) is 58.4 Å². The van der Waals surface area contributed by atoms with Crippen molar-refractivity contribution in [3.63, 3.8) is 0 Å². The molecule has 140 valence electrons. The monoisotopic (exact) mass is 381 g/mol. The van der Waals surface area contributed by atoms with Gasteiger partial charge in [0, 0.05) is 47.2 Å². The molecule has 3 heterocycles. The van der Waals surface area contributed by atoms with Gasteiger partial charge in [-0.15, -0.1) is 11.3 Å². The second kappa shape index (κ2) is 6.77. The molecule has 27 heavy (non-hydrogen) atoms. The van der Waals surface area contributed by atoms with Crippen LogP contribution >= 0.6 is 11.3 Å². The first-order valence-corrected chi connectivity index (χ1v) is 10.4. The molecule has 1 amide bonds. The minimum absolute atomic E-state index is 0.119. The molecule has 3 aromatic rings. The van der Waals surface area contributed by atoms with Crippen molar-refractivity contribution >= 4 is 27.3 Å². The lowest BCUT2D eigenvalue weighted by Crippen LogP contribution is -2.39. The number of nitrogens with zero attached hydrogens (tertiary/aromatic N) is 2. The molecule has 2 aliphatic rings. The van der Waals surface area contributed by atoms with Crippen LogP contribution in [0.4, 0.5) is 0 Å². The number of carbonyl (C=O) groups is 1. The maximum atomic E-state index is 12.5. The van der Waals surface area contributed by atoms with E-state index < -0.39 is 0 Å². The molecule has 1 aromatic carbocycles. The van der Waals surface area contributed by atoms with Crippen LogP contribution in [0.3, 0.4) is 0 Å². The average Bonchev–Trinajstić information content (AvgIpc) is 3.09. The molecule has 5 nitrogen and oxygen atoms in total. The van der Waals surface area contributed by atoms with Crippen molar-refractivity contribution in [2.75, 3.05) is 13.1 Å². The number of thiophene rings is 1. The fourth-order valence-corrected chi connectivity index (χ4v) is 5.03. The number of carbonyl (C=O) groups excluding carboxylic acids is 1. The van der Waals surface area contributed by atoms with Crippen molar-refractivity contribution in [1.29, 1.82) is 0 Å². The minimum Gasteiger partial charge on any atom is -0.360 e. The molecule has 2 aromatic heterocycles. The van der Waals surface area contributed by atoms with E-state index in [9.17, 15) is 4.79 Å². The van der Waals surface area contributed by atoms with Crippen LogP contribution < -0.4 is 5.32 Å². The van der Waals surface area contributed by atoms with Crippen LogP contribution in [0.25, 0.3) is 10.1 Å². The summed E-state index contributed by atoms with van der Waals surface area (Å²) in [7, 11) is 0. The number of hydrogen-bond donors (Lipinski definition) is 1. The fraction of sp³-hybridized carbons (Fsp3) is 0.429. The van der Waals surface area contributed by atoms with Gasteiger partial charge in [0.05, 0.1) is 0 Å². The molecule has 2 atom stereocenters. The second-order valence-electron chi connectivity index (χ2n) is 7.89. The molecule has 5 rings (SSSR count). The fourth-order valence-electron chi connectivity index (χ4n) is 3.92. The predicted molar refractivity (Wildman–Crippen MR) is 106 cm³/mol. The van der Waals surface area contributed by atoms with Gasteiger partial charge >= 0.3 is 0 Å². The van der Waals surface area contributed by atoms with Crippen molar-refractivity contribution in [3.05, 3.63) is 52.7 Å². The Hall–Kier alpha value is -2.18. The van der Waals surface area contributed by atoms with E-state index in [0.29, 0.717) is 17.5 Å². The largest absolute Gasteiger partial charge is 0.360 e. The van der Waals surface area contributed by atoms with Crippen molar-refractivity contribution in [3.8, 4) is 0 Å². The molecule has 1 N–H and O–H groups in total. The predicted octanol–water partition coefficient (Wildman–Crippen LogP) is 4.02. The molecule has 0 spiro atoms. The number of rotatable bonds is 5. The summed E-state index contributed by atoms with van der Waals surface area (Å²) in [5.74, 6) is 1.62. The van der Waals surface area contributed by atoms with Crippen LogP contribution in [-0.2, 0) is 6.54 Å². The van der Waals surface area contributed by atoms with Gasteiger partial charge < -0.3 is 9.84 Å². The van der Waals surface area contributed by atoms with Gasteiger partial charge in [0.15, 0.2) is 5.69 Å². The van der Waals surface area contributed by atoms with E-state index in [4.69, 9.17) is 4.52 Å². The van der Waals surface area contributed by atoms with Crippen LogP contribution in [0.15, 0.2) is 40.9 Å². The Morgan fingerprint density at radius 3 is 2.96 bits per heavy atom. The Bertz CT molecular complexity index is 942. The first-order chi connectivity index (χ1) is 13.2. The van der Waals surface area contributed by atoms with E-state index in [-0.39, 0.29) is 11.9 Å². The maximum Gasteiger partial charge on any atom is 0.273 e. The number of aromatic nitrogens is 1. The van der Waals surface area contributed by atoms with Crippen LogP contribution in [0, 0.1) is 5.92 Å². The van der Waals surface area contributed by atoms with E-state index in [1.165, 1.54) is 15.0 Å². The Balaban J connectivity index is 1.21. The molecule has 0 radical (unpaired) electrons. The molecule has 6 heteroatoms. The summed E-state index contributed by atoms with van der Waals surface area (Å²) in [6.45, 7) is 5.00. The van der Waals surface area contributed by atoms with Gasteiger partial charge in [-0.25, -0.2) is 0 Å². The Kier molecular flexibility index (Phi) is 4.25. The van der Waals surface area contributed by atoms with Crippen LogP contribution in [0.2, 0.25) is 0 Å². The third kappa shape index (κ3) is 3.51. The number of nitrogens with one attached hydrogen (secondary N) is 1. The van der Waals surface area contributed by atoms with Crippen molar-refractivity contribution in [2.45, 2.75) is 38.3 Å². The lowest BCUT2D eigenvalue weighted by molar-refractivity contribution is 0.0922. The summed E-state index contributed by atoms with van der Waals surface area (Å²) in [4.78, 5) is 16.3. The second-order valence-corrected chi connectivity index (χ2v) is 9.06. The summed E-state index contributed by atoms with van der Waals surface area (Å²) >= 11 is 1.86. The molecular formula is C21H23N3O2S. The summed E-state index contributed by atoms with van der Waals surface area (Å²) in [5, 5.41) is 8.43. The minimum atomic E-state index is -0.119. The molecule has 1 aliphatic heterocycles. The maximum absolute atomic E-state index is 12.5. The normalized spacial score (nSPS) is 23.1. The van der Waals surface area contributed by atoms with E-state index in [1.54, 1.807) is 0 Å². The number of amides is 1. The quantitative estimate of drug-likeness (QED) is 0.725. The highest BCUT2D eigenvalue weighted by atomic mass is 32.1. The molecule has 0 unspecified atom stereocenters. The molecule has 1 aliphatic carbocycles. The number of fused-ring (bicyclic) bond motifs is 1. The van der Waals surface area contributed by atoms with Gasteiger partial charge in [-0.3, -0.25) is 9.69 Å². The Labute approximate surface area is 162 Å². The van der Waals surface area contributed by atoms with E-state index in [0.717, 1.165) is 38.2 Å². The van der Waals surface area contributed by atoms with Gasteiger partial charge in [-0.1, -0.05) is 30.3 Å². The van der Waals surface area contributed by atoms with Crippen LogP contribution in [-0.4, -0.2) is 35.1 Å². The van der Waals surface area contributed by atoms with Gasteiger partial charge in [-0.2, -0.15) is 0 Å². The Morgan fingerprint density at radius 1 is 1.30 bits per heavy atom. The SMILES string of the molecule is C[C@@H]1CN(Cc2cc3ccccc3s2)C[C@@H]1NC(=O)c1cc(C2CC2)on1. The van der Waals surface area contributed by atoms with Crippen molar-refractivity contribution in [2.24, 2.45) is 5.92 Å². The summed E-state index contributed by atoms with van der Waals surface area (Å²) < 4.78 is 6.65. The highest BCUT2D eigenvalue weighted by Crippen LogP contribution is 2.40. The molecular weight excluding hydrogens is 358 g/mol. The lowest BCUT2D eigenvalue weighted by atomic mass is 10.1. The lowest BCUT2D eigenvalue weighted by Gasteiger charge is -2.16. The zero-order valence-corrected chi connectivity index (χ0v) is 16.2. The smallest absolute Gasteiger partial charge is 0.273 e. The molecule has 0 bridgehead atoms. The van der Waals surface area contributed by atoms with Gasteiger partial charge in [0.25, 0.3) is 5.91 Å². The van der Waals surface area contributed by atoms with E-state index >= 15 is 0 Å². The van der Waals surface area contributed by atoms with Crippen LogP contribution in [0.1, 0.15) is 46.8 Å².